The van der Waals surface area contributed by atoms with Gasteiger partial charge in [0.2, 0.25) is 5.91 Å². The van der Waals surface area contributed by atoms with Gasteiger partial charge in [-0.25, -0.2) is 0 Å². The van der Waals surface area contributed by atoms with Crippen LogP contribution in [-0.2, 0) is 16.2 Å². The topological polar surface area (TPSA) is 137 Å². The molecule has 0 aliphatic carbocycles. The van der Waals surface area contributed by atoms with Crippen LogP contribution in [0, 0.1) is 13.7 Å². The van der Waals surface area contributed by atoms with Crippen LogP contribution in [0.3, 0.4) is 0 Å². The standard InChI is InChI=1S/C28H24IN3O8S/c1-3-39-21-9-7-19(8-10-21)30-25(33)15-31-27(34)24(41-28(31)35)14-18-12-22(29)26(23(13-18)38-2)40-16-17-5-4-6-20(11-17)32(36)37/h4-14H,3,15-16H2,1-2H3,(H,30,33)/b24-14+. The first kappa shape index (κ1) is 29.9. The number of nitro benzene ring substituents is 1. The SMILES string of the molecule is CCOc1ccc(NC(=O)CN2C(=O)S/C(=C/c3cc(I)c(OCc4cccc([N+](=O)[O-])c4)c(OC)c3)C2=O)cc1. The largest absolute Gasteiger partial charge is 0.494 e. The monoisotopic (exact) mass is 689 g/mol. The van der Waals surface area contributed by atoms with Crippen LogP contribution in [0.4, 0.5) is 16.2 Å². The van der Waals surface area contributed by atoms with Crippen molar-refractivity contribution >= 4 is 68.9 Å². The van der Waals surface area contributed by atoms with Crippen LogP contribution < -0.4 is 19.5 Å². The number of methoxy groups -OCH3 is 1. The number of ether oxygens (including phenoxy) is 3. The number of hydrogen-bond acceptors (Lipinski definition) is 9. The highest BCUT2D eigenvalue weighted by Gasteiger charge is 2.36. The number of carbonyl (C=O) groups excluding carboxylic acids is 3. The molecule has 4 rings (SSSR count). The lowest BCUT2D eigenvalue weighted by atomic mass is 10.1. The number of non-ortho nitro benzene ring substituents is 1. The van der Waals surface area contributed by atoms with Gasteiger partial charge in [-0.1, -0.05) is 12.1 Å². The minimum Gasteiger partial charge on any atom is -0.494 e. The molecule has 1 heterocycles. The summed E-state index contributed by atoms with van der Waals surface area (Å²) in [5, 5.41) is 13.2. The van der Waals surface area contributed by atoms with Crippen LogP contribution in [0.25, 0.3) is 6.08 Å². The average Bonchev–Trinajstić information content (AvgIpc) is 3.20. The Labute approximate surface area is 253 Å². The van der Waals surface area contributed by atoms with Crippen molar-refractivity contribution in [1.29, 1.82) is 0 Å². The summed E-state index contributed by atoms with van der Waals surface area (Å²) < 4.78 is 17.4. The molecule has 0 bridgehead atoms. The van der Waals surface area contributed by atoms with Gasteiger partial charge in [0.05, 0.1) is 27.1 Å². The van der Waals surface area contributed by atoms with E-state index in [1.54, 1.807) is 54.6 Å². The minimum atomic E-state index is -0.582. The highest BCUT2D eigenvalue weighted by Crippen LogP contribution is 2.37. The van der Waals surface area contributed by atoms with Crippen LogP contribution in [0.2, 0.25) is 0 Å². The average molecular weight is 689 g/mol. The number of carbonyl (C=O) groups is 3. The summed E-state index contributed by atoms with van der Waals surface area (Å²) in [6.45, 7) is 2.03. The Hall–Kier alpha value is -4.11. The fraction of sp³-hybridized carbons (Fsp3) is 0.179. The van der Waals surface area contributed by atoms with Crippen molar-refractivity contribution in [2.24, 2.45) is 0 Å². The second-order valence-electron chi connectivity index (χ2n) is 8.52. The maximum Gasteiger partial charge on any atom is 0.294 e. The molecule has 1 saturated heterocycles. The zero-order chi connectivity index (χ0) is 29.5. The van der Waals surface area contributed by atoms with E-state index in [1.165, 1.54) is 19.2 Å². The lowest BCUT2D eigenvalue weighted by Gasteiger charge is -2.14. The molecule has 13 heteroatoms. The number of rotatable bonds is 11. The summed E-state index contributed by atoms with van der Waals surface area (Å²) in [6, 6.07) is 16.3. The third-order valence-corrected chi connectivity index (χ3v) is 7.39. The Kier molecular flexibility index (Phi) is 9.83. The van der Waals surface area contributed by atoms with Crippen molar-refractivity contribution in [3.05, 3.63) is 90.4 Å². The normalized spacial score (nSPS) is 13.8. The maximum atomic E-state index is 13.0. The second kappa shape index (κ2) is 13.5. The second-order valence-corrected chi connectivity index (χ2v) is 10.7. The molecule has 0 unspecified atom stereocenters. The molecule has 212 valence electrons. The number of halogens is 1. The highest BCUT2D eigenvalue weighted by atomic mass is 127. The summed E-state index contributed by atoms with van der Waals surface area (Å²) in [6.07, 6.45) is 1.55. The van der Waals surface area contributed by atoms with E-state index in [1.807, 2.05) is 6.92 Å². The summed E-state index contributed by atoms with van der Waals surface area (Å²) in [5.74, 6) is 0.370. The number of thioether (sulfide) groups is 1. The van der Waals surface area contributed by atoms with E-state index in [0.29, 0.717) is 44.2 Å². The Bertz CT molecular complexity index is 1530. The van der Waals surface area contributed by atoms with Gasteiger partial charge in [0.25, 0.3) is 16.8 Å². The quantitative estimate of drug-likeness (QED) is 0.114. The molecule has 1 fully saturated rings. The molecule has 1 aliphatic heterocycles. The Morgan fingerprint density at radius 2 is 1.88 bits per heavy atom. The van der Waals surface area contributed by atoms with Gasteiger partial charge in [-0.05, 0) is 94.9 Å². The van der Waals surface area contributed by atoms with Gasteiger partial charge in [0.15, 0.2) is 11.5 Å². The van der Waals surface area contributed by atoms with Crippen LogP contribution in [0.15, 0.2) is 65.6 Å². The number of benzene rings is 3. The molecule has 0 atom stereocenters. The predicted molar refractivity (Wildman–Crippen MR) is 162 cm³/mol. The van der Waals surface area contributed by atoms with E-state index in [4.69, 9.17) is 14.2 Å². The third-order valence-electron chi connectivity index (χ3n) is 5.68. The molecule has 11 nitrogen and oxygen atoms in total. The van der Waals surface area contributed by atoms with E-state index in [-0.39, 0.29) is 17.2 Å². The number of anilines is 1. The lowest BCUT2D eigenvalue weighted by molar-refractivity contribution is -0.384. The van der Waals surface area contributed by atoms with Gasteiger partial charge >= 0.3 is 0 Å². The molecule has 3 amide bonds. The number of imide groups is 1. The summed E-state index contributed by atoms with van der Waals surface area (Å²) in [4.78, 5) is 49.7. The van der Waals surface area contributed by atoms with Gasteiger partial charge in [0, 0.05) is 17.8 Å². The van der Waals surface area contributed by atoms with Crippen LogP contribution in [0.5, 0.6) is 17.2 Å². The van der Waals surface area contributed by atoms with E-state index in [2.05, 4.69) is 27.9 Å². The Morgan fingerprint density at radius 1 is 1.12 bits per heavy atom. The predicted octanol–water partition coefficient (Wildman–Crippen LogP) is 5.86. The van der Waals surface area contributed by atoms with Crippen LogP contribution in [-0.4, -0.2) is 47.1 Å². The fourth-order valence-corrected chi connectivity index (χ4v) is 5.43. The van der Waals surface area contributed by atoms with E-state index >= 15 is 0 Å². The third kappa shape index (κ3) is 7.55. The van der Waals surface area contributed by atoms with E-state index < -0.39 is 28.5 Å². The molecule has 0 radical (unpaired) electrons. The molecule has 3 aromatic carbocycles. The van der Waals surface area contributed by atoms with Crippen molar-refractivity contribution < 1.29 is 33.5 Å². The van der Waals surface area contributed by atoms with Gasteiger partial charge in [-0.2, -0.15) is 0 Å². The molecular formula is C28H24IN3O8S. The van der Waals surface area contributed by atoms with Crippen molar-refractivity contribution in [1.82, 2.24) is 4.90 Å². The molecule has 3 aromatic rings. The first-order valence-corrected chi connectivity index (χ1v) is 14.1. The maximum absolute atomic E-state index is 13.0. The summed E-state index contributed by atoms with van der Waals surface area (Å²) >= 11 is 2.80. The fourth-order valence-electron chi connectivity index (χ4n) is 3.81. The number of amides is 3. The van der Waals surface area contributed by atoms with E-state index in [0.717, 1.165) is 16.7 Å². The van der Waals surface area contributed by atoms with Gasteiger partial charge < -0.3 is 19.5 Å². The molecule has 41 heavy (non-hydrogen) atoms. The first-order valence-electron chi connectivity index (χ1n) is 12.2. The molecule has 0 saturated carbocycles. The Balaban J connectivity index is 1.44. The van der Waals surface area contributed by atoms with Crippen LogP contribution in [0.1, 0.15) is 18.1 Å². The number of nitrogens with one attached hydrogen (secondary N) is 1. The number of nitrogens with zero attached hydrogens (tertiary/aromatic N) is 2. The summed E-state index contributed by atoms with van der Waals surface area (Å²) in [7, 11) is 1.46. The summed E-state index contributed by atoms with van der Waals surface area (Å²) in [5.41, 5.74) is 1.67. The number of hydrogen-bond donors (Lipinski definition) is 1. The zero-order valence-electron chi connectivity index (χ0n) is 21.9. The zero-order valence-corrected chi connectivity index (χ0v) is 24.9. The number of nitro groups is 1. The van der Waals surface area contributed by atoms with Crippen molar-refractivity contribution in [3.8, 4) is 17.2 Å². The van der Waals surface area contributed by atoms with Crippen molar-refractivity contribution in [2.45, 2.75) is 13.5 Å². The van der Waals surface area contributed by atoms with E-state index in [9.17, 15) is 24.5 Å². The molecule has 1 aliphatic rings. The molecule has 0 aromatic heterocycles. The minimum absolute atomic E-state index is 0.0364. The molecular weight excluding hydrogens is 665 g/mol. The van der Waals surface area contributed by atoms with Gasteiger partial charge in [-0.15, -0.1) is 0 Å². The highest BCUT2D eigenvalue weighted by molar-refractivity contribution is 14.1. The van der Waals surface area contributed by atoms with Crippen molar-refractivity contribution in [3.63, 3.8) is 0 Å². The Morgan fingerprint density at radius 3 is 2.56 bits per heavy atom. The molecule has 1 N–H and O–H groups in total. The van der Waals surface area contributed by atoms with Crippen LogP contribution >= 0.6 is 34.4 Å². The van der Waals surface area contributed by atoms with Gasteiger partial charge in [-0.3, -0.25) is 29.4 Å². The van der Waals surface area contributed by atoms with Crippen molar-refractivity contribution in [2.75, 3.05) is 25.6 Å². The smallest absolute Gasteiger partial charge is 0.294 e. The molecule has 0 spiro atoms. The lowest BCUT2D eigenvalue weighted by Crippen LogP contribution is -2.36. The van der Waals surface area contributed by atoms with Gasteiger partial charge in [0.1, 0.15) is 18.9 Å². The first-order chi connectivity index (χ1) is 19.7.